The number of rotatable bonds is 3. The first-order chi connectivity index (χ1) is 3.63. The largest absolute Gasteiger partial charge is 0.481 e. The molecule has 0 rings (SSSR count). The number of amides is 1. The number of hydrogen-bond acceptors (Lipinski definition) is 2. The average Bonchev–Trinajstić information content (AvgIpc) is 1.61. The van der Waals surface area contributed by atoms with Gasteiger partial charge >= 0.3 is 5.97 Å². The second-order valence-electron chi connectivity index (χ2n) is 1.36. The van der Waals surface area contributed by atoms with E-state index in [9.17, 15) is 9.59 Å². The Morgan fingerprint density at radius 3 is 1.89 bits per heavy atom. The van der Waals surface area contributed by atoms with Crippen LogP contribution in [-0.4, -0.2) is 17.0 Å². The Kier molecular flexibility index (Phi) is 7.20. The minimum Gasteiger partial charge on any atom is -0.481 e. The summed E-state index contributed by atoms with van der Waals surface area (Å²) < 4.78 is 0. The van der Waals surface area contributed by atoms with Crippen molar-refractivity contribution in [3.63, 3.8) is 0 Å². The van der Waals surface area contributed by atoms with Gasteiger partial charge in [0.2, 0.25) is 5.91 Å². The van der Waals surface area contributed by atoms with Crippen LogP contribution in [0, 0.1) is 0 Å². The van der Waals surface area contributed by atoms with E-state index in [1.807, 2.05) is 0 Å². The monoisotopic (exact) mass is 219 g/mol. The maximum absolute atomic E-state index is 9.86. The summed E-state index contributed by atoms with van der Waals surface area (Å²) in [7, 11) is 0. The second-order valence-corrected chi connectivity index (χ2v) is 1.36. The van der Waals surface area contributed by atoms with Crippen molar-refractivity contribution in [2.75, 3.05) is 0 Å². The number of aliphatic carboxylic acids is 1. The zero-order valence-electron chi connectivity index (χ0n) is 4.61. The molecule has 0 aromatic heterocycles. The van der Waals surface area contributed by atoms with E-state index < -0.39 is 11.9 Å². The van der Waals surface area contributed by atoms with Crippen LogP contribution in [-0.2, 0) is 29.1 Å². The van der Waals surface area contributed by atoms with E-state index in [4.69, 9.17) is 5.11 Å². The van der Waals surface area contributed by atoms with Crippen molar-refractivity contribution in [3.8, 4) is 0 Å². The maximum Gasteiger partial charge on any atom is 0.303 e. The molecule has 0 aliphatic carbocycles. The number of carbonyl (C=O) groups is 2. The van der Waals surface area contributed by atoms with Crippen LogP contribution < -0.4 is 5.73 Å². The zero-order valence-corrected chi connectivity index (χ0v) is 6.35. The standard InChI is InChI=1S/C4H7NO3.Ru/c5-3(6)1-2-4(7)8;/h1-2H2,(H2,5,6)(H,7,8);. The van der Waals surface area contributed by atoms with Crippen molar-refractivity contribution in [1.29, 1.82) is 0 Å². The Morgan fingerprint density at radius 1 is 1.33 bits per heavy atom. The molecule has 0 spiro atoms. The maximum atomic E-state index is 9.86. The summed E-state index contributed by atoms with van der Waals surface area (Å²) in [6.07, 6.45) is -0.245. The third-order valence-electron chi connectivity index (χ3n) is 0.585. The molecular weight excluding hydrogens is 211 g/mol. The topological polar surface area (TPSA) is 80.4 Å². The molecule has 0 unspecified atom stereocenters. The van der Waals surface area contributed by atoms with E-state index >= 15 is 0 Å². The summed E-state index contributed by atoms with van der Waals surface area (Å²) in [5.41, 5.74) is 4.64. The SMILES string of the molecule is NC(=O)CCC(=O)O.[Ru]. The van der Waals surface area contributed by atoms with Gasteiger partial charge in [0.15, 0.2) is 0 Å². The molecule has 3 N–H and O–H groups in total. The molecule has 0 atom stereocenters. The Hall–Kier alpha value is -0.437. The molecule has 5 heteroatoms. The number of carboxylic acid groups (broad SMARTS) is 1. The number of carboxylic acids is 1. The van der Waals surface area contributed by atoms with Gasteiger partial charge in [0, 0.05) is 25.9 Å². The van der Waals surface area contributed by atoms with Gasteiger partial charge in [-0.2, -0.15) is 0 Å². The molecule has 0 aromatic rings. The molecule has 1 amide bonds. The second kappa shape index (κ2) is 5.70. The summed E-state index contributed by atoms with van der Waals surface area (Å²) in [6, 6.07) is 0. The van der Waals surface area contributed by atoms with Crippen LogP contribution in [0.4, 0.5) is 0 Å². The first kappa shape index (κ1) is 11.4. The van der Waals surface area contributed by atoms with Crippen molar-refractivity contribution in [2.45, 2.75) is 12.8 Å². The molecule has 4 nitrogen and oxygen atoms in total. The Labute approximate surface area is 65.2 Å². The van der Waals surface area contributed by atoms with Crippen LogP contribution >= 0.6 is 0 Å². The van der Waals surface area contributed by atoms with Gasteiger partial charge in [0.25, 0.3) is 0 Å². The van der Waals surface area contributed by atoms with Crippen LogP contribution in [0.5, 0.6) is 0 Å². The number of primary amides is 1. The summed E-state index contributed by atoms with van der Waals surface area (Å²) in [6.45, 7) is 0. The fraction of sp³-hybridized carbons (Fsp3) is 0.500. The molecule has 54 valence electrons. The van der Waals surface area contributed by atoms with Crippen molar-refractivity contribution in [1.82, 2.24) is 0 Å². The molecule has 0 aliphatic rings. The van der Waals surface area contributed by atoms with Gasteiger partial charge in [-0.25, -0.2) is 0 Å². The van der Waals surface area contributed by atoms with Gasteiger partial charge in [0.1, 0.15) is 0 Å². The van der Waals surface area contributed by atoms with Crippen molar-refractivity contribution < 1.29 is 34.2 Å². The summed E-state index contributed by atoms with van der Waals surface area (Å²) in [4.78, 5) is 19.6. The third-order valence-corrected chi connectivity index (χ3v) is 0.585. The van der Waals surface area contributed by atoms with Crippen molar-refractivity contribution in [3.05, 3.63) is 0 Å². The van der Waals surface area contributed by atoms with Crippen LogP contribution in [0.25, 0.3) is 0 Å². The first-order valence-corrected chi connectivity index (χ1v) is 2.13. The molecule has 0 aromatic carbocycles. The van der Waals surface area contributed by atoms with E-state index in [1.165, 1.54) is 0 Å². The van der Waals surface area contributed by atoms with E-state index in [1.54, 1.807) is 0 Å². The smallest absolute Gasteiger partial charge is 0.303 e. The van der Waals surface area contributed by atoms with Gasteiger partial charge in [-0.05, 0) is 0 Å². The van der Waals surface area contributed by atoms with Crippen LogP contribution in [0.15, 0.2) is 0 Å². The summed E-state index contributed by atoms with van der Waals surface area (Å²) >= 11 is 0. The van der Waals surface area contributed by atoms with Gasteiger partial charge < -0.3 is 10.8 Å². The fourth-order valence-corrected chi connectivity index (χ4v) is 0.230. The minimum atomic E-state index is -0.996. The van der Waals surface area contributed by atoms with E-state index in [0.717, 1.165) is 0 Å². The fourth-order valence-electron chi connectivity index (χ4n) is 0.230. The predicted molar refractivity (Wildman–Crippen MR) is 26.1 cm³/mol. The normalized spacial score (nSPS) is 7.56. The molecule has 0 saturated carbocycles. The summed E-state index contributed by atoms with van der Waals surface area (Å²) in [5.74, 6) is -1.57. The quantitative estimate of drug-likeness (QED) is 0.617. The van der Waals surface area contributed by atoms with Gasteiger partial charge in [0.05, 0.1) is 6.42 Å². The predicted octanol–water partition coefficient (Wildman–Crippen LogP) is -0.666. The molecule has 9 heavy (non-hydrogen) atoms. The molecule has 0 saturated heterocycles. The Bertz CT molecular complexity index is 100. The molecule has 0 bridgehead atoms. The Balaban J connectivity index is 0. The molecule has 0 radical (unpaired) electrons. The van der Waals surface area contributed by atoms with E-state index in [-0.39, 0.29) is 32.3 Å². The van der Waals surface area contributed by atoms with Crippen molar-refractivity contribution >= 4 is 11.9 Å². The van der Waals surface area contributed by atoms with Crippen LogP contribution in [0.3, 0.4) is 0 Å². The molecule has 0 aliphatic heterocycles. The minimum absolute atomic E-state index is 0. The Morgan fingerprint density at radius 2 is 1.78 bits per heavy atom. The van der Waals surface area contributed by atoms with Gasteiger partial charge in [-0.15, -0.1) is 0 Å². The number of nitrogens with two attached hydrogens (primary N) is 1. The van der Waals surface area contributed by atoms with Crippen LogP contribution in [0.1, 0.15) is 12.8 Å². The number of carbonyl (C=O) groups excluding carboxylic acids is 1. The zero-order chi connectivity index (χ0) is 6.57. The van der Waals surface area contributed by atoms with Gasteiger partial charge in [-0.1, -0.05) is 0 Å². The summed E-state index contributed by atoms with van der Waals surface area (Å²) in [5, 5.41) is 7.95. The molecular formula is C4H7NO3Ru. The van der Waals surface area contributed by atoms with E-state index in [2.05, 4.69) is 5.73 Å². The first-order valence-electron chi connectivity index (χ1n) is 2.13. The van der Waals surface area contributed by atoms with Gasteiger partial charge in [-0.3, -0.25) is 9.59 Å². The average molecular weight is 218 g/mol. The van der Waals surface area contributed by atoms with Crippen molar-refractivity contribution in [2.24, 2.45) is 5.73 Å². The third kappa shape index (κ3) is 11.2. The number of hydrogen-bond donors (Lipinski definition) is 2. The van der Waals surface area contributed by atoms with Crippen LogP contribution in [0.2, 0.25) is 0 Å². The molecule has 0 fully saturated rings. The molecule has 0 heterocycles. The van der Waals surface area contributed by atoms with E-state index in [0.29, 0.717) is 0 Å².